The summed E-state index contributed by atoms with van der Waals surface area (Å²) in [6, 6.07) is 5.10. The number of rotatable bonds is 6. The fourth-order valence-corrected chi connectivity index (χ4v) is 3.48. The van der Waals surface area contributed by atoms with Crippen LogP contribution >= 0.6 is 11.6 Å². The van der Waals surface area contributed by atoms with E-state index in [1.165, 1.54) is 0 Å². The van der Waals surface area contributed by atoms with Gasteiger partial charge in [-0.2, -0.15) is 0 Å². The van der Waals surface area contributed by atoms with Crippen molar-refractivity contribution >= 4 is 17.6 Å². The number of halogens is 1. The molecule has 1 aliphatic rings. The number of carboxylic acids is 1. The van der Waals surface area contributed by atoms with Gasteiger partial charge < -0.3 is 10.2 Å². The van der Waals surface area contributed by atoms with Crippen molar-refractivity contribution in [3.8, 4) is 0 Å². The zero-order valence-corrected chi connectivity index (χ0v) is 13.1. The van der Waals surface area contributed by atoms with E-state index in [4.69, 9.17) is 16.7 Å². The van der Waals surface area contributed by atoms with Gasteiger partial charge in [-0.25, -0.2) is 4.79 Å². The maximum atomic E-state index is 11.0. The summed E-state index contributed by atoms with van der Waals surface area (Å²) < 4.78 is 0. The maximum Gasteiger partial charge on any atom is 0.337 e. The van der Waals surface area contributed by atoms with Gasteiger partial charge in [0.15, 0.2) is 0 Å². The molecule has 1 aliphatic heterocycles. The molecule has 21 heavy (non-hydrogen) atoms. The van der Waals surface area contributed by atoms with Crippen molar-refractivity contribution in [2.45, 2.75) is 32.7 Å². The summed E-state index contributed by atoms with van der Waals surface area (Å²) in [4.78, 5) is 13.3. The van der Waals surface area contributed by atoms with Gasteiger partial charge in [-0.3, -0.25) is 4.90 Å². The lowest BCUT2D eigenvalue weighted by atomic mass is 9.83. The Labute approximate surface area is 130 Å². The van der Waals surface area contributed by atoms with Crippen LogP contribution in [0.15, 0.2) is 18.2 Å². The van der Waals surface area contributed by atoms with Crippen LogP contribution in [0.2, 0.25) is 5.02 Å². The van der Waals surface area contributed by atoms with Gasteiger partial charge in [0.25, 0.3) is 0 Å². The maximum absolute atomic E-state index is 11.0. The topological polar surface area (TPSA) is 60.8 Å². The molecule has 0 saturated carbocycles. The molecule has 1 unspecified atom stereocenters. The highest BCUT2D eigenvalue weighted by molar-refractivity contribution is 6.33. The standard InChI is InChI=1S/C16H22ClNO3/c1-2-5-16(11-19)6-7-18(10-16)9-12-3-4-13(15(20)21)14(17)8-12/h3-4,8,19H,2,5-7,9-11H2,1H3,(H,20,21). The zero-order valence-electron chi connectivity index (χ0n) is 12.3. The predicted molar refractivity (Wildman–Crippen MR) is 82.7 cm³/mol. The van der Waals surface area contributed by atoms with E-state index in [-0.39, 0.29) is 22.6 Å². The summed E-state index contributed by atoms with van der Waals surface area (Å²) in [5, 5.41) is 18.9. The Kier molecular flexibility index (Phi) is 5.25. The smallest absolute Gasteiger partial charge is 0.337 e. The molecule has 0 aliphatic carbocycles. The highest BCUT2D eigenvalue weighted by Crippen LogP contribution is 2.35. The Balaban J connectivity index is 2.03. The average molecular weight is 312 g/mol. The average Bonchev–Trinajstić information content (AvgIpc) is 2.82. The number of likely N-dealkylation sites (tertiary alicyclic amines) is 1. The first-order chi connectivity index (χ1) is 9.99. The molecule has 4 nitrogen and oxygen atoms in total. The number of aliphatic hydroxyl groups excluding tert-OH is 1. The number of carboxylic acid groups (broad SMARTS) is 1. The van der Waals surface area contributed by atoms with Crippen LogP contribution in [0.5, 0.6) is 0 Å². The first-order valence-corrected chi connectivity index (χ1v) is 7.72. The third-order valence-corrected chi connectivity index (χ3v) is 4.62. The van der Waals surface area contributed by atoms with Crippen LogP contribution in [0.3, 0.4) is 0 Å². The van der Waals surface area contributed by atoms with Crippen molar-refractivity contribution in [1.29, 1.82) is 0 Å². The van der Waals surface area contributed by atoms with Crippen LogP contribution in [0, 0.1) is 5.41 Å². The Bertz CT molecular complexity index is 520. The van der Waals surface area contributed by atoms with Gasteiger partial charge >= 0.3 is 5.97 Å². The molecule has 0 amide bonds. The van der Waals surface area contributed by atoms with E-state index in [2.05, 4.69) is 11.8 Å². The molecule has 0 bridgehead atoms. The van der Waals surface area contributed by atoms with Gasteiger partial charge in [-0.15, -0.1) is 0 Å². The predicted octanol–water partition coefficient (Wildman–Crippen LogP) is 3.02. The highest BCUT2D eigenvalue weighted by Gasteiger charge is 2.36. The van der Waals surface area contributed by atoms with Gasteiger partial charge in [0.05, 0.1) is 10.6 Å². The van der Waals surface area contributed by atoms with Gasteiger partial charge in [0.1, 0.15) is 0 Å². The Morgan fingerprint density at radius 3 is 2.81 bits per heavy atom. The number of hydrogen-bond donors (Lipinski definition) is 2. The molecule has 1 atom stereocenters. The molecule has 2 rings (SSSR count). The lowest BCUT2D eigenvalue weighted by molar-refractivity contribution is 0.0697. The van der Waals surface area contributed by atoms with Crippen LogP contribution in [0.25, 0.3) is 0 Å². The van der Waals surface area contributed by atoms with E-state index < -0.39 is 5.97 Å². The van der Waals surface area contributed by atoms with Crippen LogP contribution in [-0.4, -0.2) is 40.8 Å². The van der Waals surface area contributed by atoms with Crippen LogP contribution in [0.4, 0.5) is 0 Å². The number of aliphatic hydroxyl groups is 1. The summed E-state index contributed by atoms with van der Waals surface area (Å²) in [5.41, 5.74) is 1.17. The zero-order chi connectivity index (χ0) is 15.5. The number of hydrogen-bond acceptors (Lipinski definition) is 3. The van der Waals surface area contributed by atoms with Crippen LogP contribution < -0.4 is 0 Å². The fourth-order valence-electron chi connectivity index (χ4n) is 3.19. The lowest BCUT2D eigenvalue weighted by Crippen LogP contribution is -2.30. The molecule has 2 N–H and O–H groups in total. The first-order valence-electron chi connectivity index (χ1n) is 7.34. The van der Waals surface area contributed by atoms with E-state index in [0.717, 1.165) is 44.5 Å². The molecular weight excluding hydrogens is 290 g/mol. The summed E-state index contributed by atoms with van der Waals surface area (Å²) in [6.07, 6.45) is 3.13. The highest BCUT2D eigenvalue weighted by atomic mass is 35.5. The number of nitrogens with zero attached hydrogens (tertiary/aromatic N) is 1. The van der Waals surface area contributed by atoms with Gasteiger partial charge in [-0.1, -0.05) is 31.0 Å². The number of carbonyl (C=O) groups is 1. The van der Waals surface area contributed by atoms with E-state index in [0.29, 0.717) is 0 Å². The quantitative estimate of drug-likeness (QED) is 0.848. The summed E-state index contributed by atoms with van der Waals surface area (Å²) in [5.74, 6) is -1.00. The van der Waals surface area contributed by atoms with Crippen molar-refractivity contribution in [3.63, 3.8) is 0 Å². The Hall–Kier alpha value is -1.10. The molecule has 1 fully saturated rings. The minimum atomic E-state index is -1.00. The monoisotopic (exact) mass is 311 g/mol. The van der Waals surface area contributed by atoms with Crippen molar-refractivity contribution in [1.82, 2.24) is 4.90 Å². The third-order valence-electron chi connectivity index (χ3n) is 4.30. The minimum absolute atomic E-state index is 0.0273. The first kappa shape index (κ1) is 16.3. The molecule has 1 aromatic rings. The molecule has 0 spiro atoms. The SMILES string of the molecule is CCCC1(CO)CCN(Cc2ccc(C(=O)O)c(Cl)c2)C1. The second-order valence-electron chi connectivity index (χ2n) is 5.99. The molecule has 5 heteroatoms. The second-order valence-corrected chi connectivity index (χ2v) is 6.40. The number of benzene rings is 1. The molecule has 1 heterocycles. The molecule has 1 aromatic carbocycles. The largest absolute Gasteiger partial charge is 0.478 e. The van der Waals surface area contributed by atoms with Crippen LogP contribution in [0.1, 0.15) is 42.1 Å². The lowest BCUT2D eigenvalue weighted by Gasteiger charge is -2.26. The normalized spacial score (nSPS) is 22.6. The number of aromatic carboxylic acids is 1. The van der Waals surface area contributed by atoms with Crippen molar-refractivity contribution < 1.29 is 15.0 Å². The third kappa shape index (κ3) is 3.76. The van der Waals surface area contributed by atoms with Crippen LogP contribution in [-0.2, 0) is 6.54 Å². The van der Waals surface area contributed by atoms with E-state index in [9.17, 15) is 9.90 Å². The van der Waals surface area contributed by atoms with E-state index in [1.54, 1.807) is 12.1 Å². The molecule has 0 aromatic heterocycles. The fraction of sp³-hybridized carbons (Fsp3) is 0.562. The molecule has 116 valence electrons. The molecule has 1 saturated heterocycles. The molecular formula is C16H22ClNO3. The summed E-state index contributed by atoms with van der Waals surface area (Å²) in [6.45, 7) is 4.96. The van der Waals surface area contributed by atoms with Crippen molar-refractivity contribution in [3.05, 3.63) is 34.3 Å². The summed E-state index contributed by atoms with van der Waals surface area (Å²) in [7, 11) is 0. The van der Waals surface area contributed by atoms with Crippen molar-refractivity contribution in [2.75, 3.05) is 19.7 Å². The van der Waals surface area contributed by atoms with Crippen molar-refractivity contribution in [2.24, 2.45) is 5.41 Å². The van der Waals surface area contributed by atoms with E-state index in [1.807, 2.05) is 6.07 Å². The Morgan fingerprint density at radius 2 is 2.24 bits per heavy atom. The Morgan fingerprint density at radius 1 is 1.48 bits per heavy atom. The van der Waals surface area contributed by atoms with E-state index >= 15 is 0 Å². The summed E-state index contributed by atoms with van der Waals surface area (Å²) >= 11 is 6.00. The van der Waals surface area contributed by atoms with Gasteiger partial charge in [0.2, 0.25) is 0 Å². The van der Waals surface area contributed by atoms with Gasteiger partial charge in [-0.05, 0) is 37.1 Å². The van der Waals surface area contributed by atoms with Gasteiger partial charge in [0, 0.05) is 25.1 Å². The second kappa shape index (κ2) is 6.77. The molecule has 0 radical (unpaired) electrons. The minimum Gasteiger partial charge on any atom is -0.478 e.